The number of urea groups is 1. The first kappa shape index (κ1) is 28.7. The smallest absolute Gasteiger partial charge is 0.361 e. The average Bonchev–Trinajstić information content (AvgIpc) is 3.33. The first-order valence-electron chi connectivity index (χ1n) is 13.1. The van der Waals surface area contributed by atoms with Crippen molar-refractivity contribution in [1.82, 2.24) is 14.8 Å². The molecule has 0 aliphatic rings. The summed E-state index contributed by atoms with van der Waals surface area (Å²) < 4.78 is 40.4. The number of rotatable bonds is 9. The van der Waals surface area contributed by atoms with Crippen molar-refractivity contribution in [1.29, 1.82) is 0 Å². The number of benzene rings is 3. The van der Waals surface area contributed by atoms with Gasteiger partial charge in [-0.05, 0) is 56.5 Å². The van der Waals surface area contributed by atoms with E-state index in [2.05, 4.69) is 10.3 Å². The zero-order valence-electron chi connectivity index (χ0n) is 22.8. The van der Waals surface area contributed by atoms with Crippen LogP contribution in [0.2, 0.25) is 0 Å². The summed E-state index contributed by atoms with van der Waals surface area (Å²) in [5.41, 5.74) is 2.82. The number of alkyl halides is 3. The number of para-hydroxylation sites is 2. The molecule has 4 aromatic rings. The molecule has 0 atom stereocenters. The monoisotopic (exact) mass is 550 g/mol. The van der Waals surface area contributed by atoms with Gasteiger partial charge in [0.15, 0.2) is 0 Å². The lowest BCUT2D eigenvalue weighted by Gasteiger charge is -2.30. The van der Waals surface area contributed by atoms with Crippen molar-refractivity contribution in [2.45, 2.75) is 46.0 Å². The molecule has 0 bridgehead atoms. The summed E-state index contributed by atoms with van der Waals surface area (Å²) in [5, 5.41) is 3.45. The largest absolute Gasteiger partial charge is 0.418 e. The highest BCUT2D eigenvalue weighted by Gasteiger charge is 2.34. The Labute approximate surface area is 231 Å². The number of aromatic amines is 1. The van der Waals surface area contributed by atoms with E-state index < -0.39 is 23.8 Å². The second-order valence-electron chi connectivity index (χ2n) is 10.1. The Morgan fingerprint density at radius 3 is 2.33 bits per heavy atom. The number of fused-ring (bicyclic) bond motifs is 1. The zero-order valence-corrected chi connectivity index (χ0v) is 22.8. The van der Waals surface area contributed by atoms with Gasteiger partial charge in [0, 0.05) is 36.2 Å². The number of halogens is 3. The predicted octanol–water partition coefficient (Wildman–Crippen LogP) is 7.01. The third-order valence-corrected chi connectivity index (χ3v) is 6.84. The van der Waals surface area contributed by atoms with E-state index in [-0.39, 0.29) is 18.1 Å². The van der Waals surface area contributed by atoms with Gasteiger partial charge in [-0.2, -0.15) is 13.2 Å². The lowest BCUT2D eigenvalue weighted by Crippen LogP contribution is -2.47. The molecular formula is C31H33F3N4O2. The molecule has 3 aromatic carbocycles. The summed E-state index contributed by atoms with van der Waals surface area (Å²) in [4.78, 5) is 33.0. The molecular weight excluding hydrogens is 517 g/mol. The van der Waals surface area contributed by atoms with Crippen molar-refractivity contribution in [2.75, 3.05) is 18.4 Å². The molecule has 9 heteroatoms. The van der Waals surface area contributed by atoms with Crippen LogP contribution in [0.3, 0.4) is 0 Å². The fraction of sp³-hybridized carbons (Fsp3) is 0.290. The molecule has 0 saturated heterocycles. The number of nitrogens with zero attached hydrogens (tertiary/aromatic N) is 2. The molecule has 3 amide bonds. The van der Waals surface area contributed by atoms with E-state index in [1.807, 2.05) is 61.7 Å². The van der Waals surface area contributed by atoms with Gasteiger partial charge in [0.25, 0.3) is 0 Å². The fourth-order valence-corrected chi connectivity index (χ4v) is 4.56. The maximum absolute atomic E-state index is 13.7. The average molecular weight is 551 g/mol. The Morgan fingerprint density at radius 2 is 1.62 bits per heavy atom. The molecule has 0 radical (unpaired) electrons. The molecule has 0 unspecified atom stereocenters. The van der Waals surface area contributed by atoms with Crippen molar-refractivity contribution in [3.8, 4) is 0 Å². The summed E-state index contributed by atoms with van der Waals surface area (Å²) >= 11 is 0. The van der Waals surface area contributed by atoms with E-state index in [9.17, 15) is 22.8 Å². The number of aryl methyl sites for hydroxylation is 1. The summed E-state index contributed by atoms with van der Waals surface area (Å²) in [7, 11) is 0. The van der Waals surface area contributed by atoms with E-state index in [0.717, 1.165) is 33.7 Å². The molecule has 0 fully saturated rings. The topological polar surface area (TPSA) is 68.4 Å². The van der Waals surface area contributed by atoms with Gasteiger partial charge in [-0.3, -0.25) is 4.79 Å². The van der Waals surface area contributed by atoms with E-state index in [0.29, 0.717) is 19.5 Å². The molecule has 4 rings (SSSR count). The van der Waals surface area contributed by atoms with Crippen molar-refractivity contribution < 1.29 is 22.8 Å². The molecule has 2 N–H and O–H groups in total. The minimum Gasteiger partial charge on any atom is -0.361 e. The maximum Gasteiger partial charge on any atom is 0.418 e. The molecule has 0 aliphatic carbocycles. The number of amides is 3. The van der Waals surface area contributed by atoms with Gasteiger partial charge in [-0.15, -0.1) is 0 Å². The summed E-state index contributed by atoms with van der Waals surface area (Å²) in [5.74, 6) is -0.298. The van der Waals surface area contributed by atoms with Crippen LogP contribution >= 0.6 is 0 Å². The third kappa shape index (κ3) is 7.02. The second-order valence-corrected chi connectivity index (χ2v) is 10.1. The zero-order chi connectivity index (χ0) is 28.9. The Kier molecular flexibility index (Phi) is 8.82. The van der Waals surface area contributed by atoms with Gasteiger partial charge < -0.3 is 20.1 Å². The van der Waals surface area contributed by atoms with Crippen LogP contribution in [0.15, 0.2) is 79.0 Å². The number of aromatic nitrogens is 1. The standard InChI is InChI=1S/C31H33F3N4O2/c1-21(2)38(30(40)36-28-11-7-5-9-26(28)31(32,33)34)20-29(39)37(19-23-14-12-22(3)13-15-23)17-16-24-18-35-27-10-6-4-8-25(24)27/h4-15,18,21,35H,16-17,19-20H2,1-3H3,(H,36,40). The van der Waals surface area contributed by atoms with Crippen LogP contribution in [0.1, 0.15) is 36.1 Å². The molecule has 210 valence electrons. The number of hydrogen-bond donors (Lipinski definition) is 2. The Balaban J connectivity index is 1.53. The molecule has 1 aromatic heterocycles. The Bertz CT molecular complexity index is 1460. The van der Waals surface area contributed by atoms with Crippen LogP contribution in [0, 0.1) is 6.92 Å². The van der Waals surface area contributed by atoms with Crippen LogP contribution in [0.4, 0.5) is 23.7 Å². The van der Waals surface area contributed by atoms with E-state index >= 15 is 0 Å². The Hall–Kier alpha value is -4.27. The van der Waals surface area contributed by atoms with Crippen LogP contribution in [0.5, 0.6) is 0 Å². The third-order valence-electron chi connectivity index (χ3n) is 6.84. The Morgan fingerprint density at radius 1 is 0.950 bits per heavy atom. The van der Waals surface area contributed by atoms with Crippen LogP contribution < -0.4 is 5.32 Å². The lowest BCUT2D eigenvalue weighted by atomic mass is 10.1. The van der Waals surface area contributed by atoms with Crippen molar-refractivity contribution >= 4 is 28.5 Å². The van der Waals surface area contributed by atoms with Crippen molar-refractivity contribution in [3.05, 3.63) is 101 Å². The fourth-order valence-electron chi connectivity index (χ4n) is 4.56. The SMILES string of the molecule is Cc1ccc(CN(CCc2c[nH]c3ccccc23)C(=O)CN(C(=O)Nc2ccccc2C(F)(F)F)C(C)C)cc1. The minimum atomic E-state index is -4.63. The first-order chi connectivity index (χ1) is 19.0. The number of hydrogen-bond acceptors (Lipinski definition) is 2. The van der Waals surface area contributed by atoms with Crippen LogP contribution in [-0.2, 0) is 23.9 Å². The predicted molar refractivity (Wildman–Crippen MR) is 151 cm³/mol. The number of carbonyl (C=O) groups is 2. The highest BCUT2D eigenvalue weighted by molar-refractivity contribution is 5.93. The quantitative estimate of drug-likeness (QED) is 0.235. The first-order valence-corrected chi connectivity index (χ1v) is 13.1. The lowest BCUT2D eigenvalue weighted by molar-refractivity contribution is -0.137. The molecule has 1 heterocycles. The van der Waals surface area contributed by atoms with E-state index in [4.69, 9.17) is 0 Å². The second kappa shape index (κ2) is 12.3. The van der Waals surface area contributed by atoms with Gasteiger partial charge in [0.1, 0.15) is 6.54 Å². The molecule has 40 heavy (non-hydrogen) atoms. The van der Waals surface area contributed by atoms with Gasteiger partial charge in [0.05, 0.1) is 11.3 Å². The van der Waals surface area contributed by atoms with Gasteiger partial charge in [0.2, 0.25) is 5.91 Å². The maximum atomic E-state index is 13.7. The number of H-pyrrole nitrogens is 1. The number of anilines is 1. The van der Waals surface area contributed by atoms with Crippen LogP contribution in [-0.4, -0.2) is 45.9 Å². The highest BCUT2D eigenvalue weighted by atomic mass is 19.4. The summed E-state index contributed by atoms with van der Waals surface area (Å²) in [6, 6.07) is 19.4. The summed E-state index contributed by atoms with van der Waals surface area (Å²) in [6.45, 7) is 5.89. The van der Waals surface area contributed by atoms with Gasteiger partial charge >= 0.3 is 12.2 Å². The van der Waals surface area contributed by atoms with Gasteiger partial charge in [-0.1, -0.05) is 60.2 Å². The van der Waals surface area contributed by atoms with E-state index in [1.165, 1.54) is 23.1 Å². The van der Waals surface area contributed by atoms with Gasteiger partial charge in [-0.25, -0.2) is 4.79 Å². The van der Waals surface area contributed by atoms with Crippen LogP contribution in [0.25, 0.3) is 10.9 Å². The number of nitrogens with one attached hydrogen (secondary N) is 2. The normalized spacial score (nSPS) is 11.6. The molecule has 6 nitrogen and oxygen atoms in total. The molecule has 0 saturated carbocycles. The van der Waals surface area contributed by atoms with Crippen molar-refractivity contribution in [2.24, 2.45) is 0 Å². The van der Waals surface area contributed by atoms with E-state index in [1.54, 1.807) is 18.7 Å². The highest BCUT2D eigenvalue weighted by Crippen LogP contribution is 2.34. The van der Waals surface area contributed by atoms with Crippen molar-refractivity contribution in [3.63, 3.8) is 0 Å². The molecule has 0 aliphatic heterocycles. The molecule has 0 spiro atoms. The minimum absolute atomic E-state index is 0.280. The summed E-state index contributed by atoms with van der Waals surface area (Å²) in [6.07, 6.45) is -2.10. The number of carbonyl (C=O) groups excluding carboxylic acids is 2.